The van der Waals surface area contributed by atoms with Gasteiger partial charge in [-0.15, -0.1) is 0 Å². The summed E-state index contributed by atoms with van der Waals surface area (Å²) in [6.07, 6.45) is 14.3. The fourth-order valence-electron chi connectivity index (χ4n) is 4.19. The number of fused-ring (bicyclic) bond motifs is 2. The van der Waals surface area contributed by atoms with Crippen molar-refractivity contribution in [3.8, 4) is 5.75 Å². The normalized spacial score (nSPS) is 27.2. The van der Waals surface area contributed by atoms with Crippen LogP contribution in [0, 0.1) is 5.41 Å². The molecule has 5 rings (SSSR count). The highest BCUT2D eigenvalue weighted by molar-refractivity contribution is 6.12. The number of ketones is 1. The van der Waals surface area contributed by atoms with Crippen molar-refractivity contribution >= 4 is 17.6 Å². The number of hydrogen-bond donors (Lipinski definition) is 0. The molecule has 0 bridgehead atoms. The molecule has 4 heteroatoms. The molecule has 25 heavy (non-hydrogen) atoms. The minimum Gasteiger partial charge on any atom is -0.485 e. The fraction of sp³-hybridized carbons (Fsp3) is 0.333. The Bertz CT molecular complexity index is 867. The van der Waals surface area contributed by atoms with Gasteiger partial charge >= 0.3 is 0 Å². The average Bonchev–Trinajstić information content (AvgIpc) is 2.51. The average molecular weight is 333 g/mol. The molecule has 2 spiro atoms. The standard InChI is InChI=1S/C21H19NO3/c23-19-17-11-15(16-5-2-1-3-10-22-12-16)6-7-18(17)25-21(8-4-9-21)20(19)13-24-14-20/h1-3,5-7,10-12H,4,8-9,13-14H2/b2-1+,3-1?,5-2?,10-3+,16-5?,16-12?,22-10?,22-12?. The van der Waals surface area contributed by atoms with E-state index in [4.69, 9.17) is 9.47 Å². The molecule has 1 saturated carbocycles. The Morgan fingerprint density at radius 3 is 2.68 bits per heavy atom. The van der Waals surface area contributed by atoms with Crippen LogP contribution in [0.4, 0.5) is 0 Å². The molecule has 1 saturated heterocycles. The van der Waals surface area contributed by atoms with Crippen LogP contribution in [-0.2, 0) is 4.74 Å². The largest absolute Gasteiger partial charge is 0.485 e. The van der Waals surface area contributed by atoms with E-state index in [9.17, 15) is 4.79 Å². The van der Waals surface area contributed by atoms with Gasteiger partial charge in [0, 0.05) is 12.4 Å². The molecule has 1 aliphatic carbocycles. The SMILES string of the molecule is O=C1c2cc(C3=C/C=C/C=C/N=C3)ccc2OC2(CCC2)C12COC2. The lowest BCUT2D eigenvalue weighted by atomic mass is 9.56. The Balaban J connectivity index is 1.58. The van der Waals surface area contributed by atoms with Gasteiger partial charge in [-0.05, 0) is 48.6 Å². The molecule has 0 amide bonds. The minimum absolute atomic E-state index is 0.181. The van der Waals surface area contributed by atoms with Gasteiger partial charge in [0.05, 0.1) is 18.8 Å². The summed E-state index contributed by atoms with van der Waals surface area (Å²) in [6, 6.07) is 5.88. The summed E-state index contributed by atoms with van der Waals surface area (Å²) in [4.78, 5) is 17.6. The van der Waals surface area contributed by atoms with Crippen molar-refractivity contribution in [1.29, 1.82) is 0 Å². The van der Waals surface area contributed by atoms with Gasteiger partial charge in [-0.3, -0.25) is 9.79 Å². The molecule has 3 aliphatic heterocycles. The maximum absolute atomic E-state index is 13.3. The molecule has 0 N–H and O–H groups in total. The number of ether oxygens (including phenoxy) is 2. The van der Waals surface area contributed by atoms with E-state index in [0.717, 1.165) is 30.4 Å². The quantitative estimate of drug-likeness (QED) is 0.786. The molecule has 4 aliphatic rings. The molecule has 0 radical (unpaired) electrons. The van der Waals surface area contributed by atoms with Gasteiger partial charge in [0.1, 0.15) is 16.8 Å². The lowest BCUT2D eigenvalue weighted by Crippen LogP contribution is -2.71. The third-order valence-electron chi connectivity index (χ3n) is 5.91. The van der Waals surface area contributed by atoms with Gasteiger partial charge in [-0.1, -0.05) is 24.3 Å². The predicted octanol–water partition coefficient (Wildman–Crippen LogP) is 3.74. The van der Waals surface area contributed by atoms with Crippen LogP contribution < -0.4 is 4.74 Å². The van der Waals surface area contributed by atoms with E-state index in [2.05, 4.69) is 4.99 Å². The zero-order chi connectivity index (χ0) is 16.9. The first-order valence-corrected chi connectivity index (χ1v) is 8.77. The molecule has 0 aromatic heterocycles. The summed E-state index contributed by atoms with van der Waals surface area (Å²) in [6.45, 7) is 0.959. The van der Waals surface area contributed by atoms with Crippen LogP contribution in [0.15, 0.2) is 53.7 Å². The molecule has 1 aromatic carbocycles. The molecule has 1 aromatic rings. The highest BCUT2D eigenvalue weighted by Crippen LogP contribution is 2.58. The molecular formula is C21H19NO3. The van der Waals surface area contributed by atoms with Crippen molar-refractivity contribution in [2.45, 2.75) is 24.9 Å². The maximum atomic E-state index is 13.3. The van der Waals surface area contributed by atoms with E-state index in [0.29, 0.717) is 24.5 Å². The van der Waals surface area contributed by atoms with Crippen molar-refractivity contribution in [3.63, 3.8) is 0 Å². The summed E-state index contributed by atoms with van der Waals surface area (Å²) in [5, 5.41) is 0. The zero-order valence-electron chi connectivity index (χ0n) is 13.9. The summed E-state index contributed by atoms with van der Waals surface area (Å²) in [7, 11) is 0. The van der Waals surface area contributed by atoms with E-state index >= 15 is 0 Å². The number of allylic oxidation sites excluding steroid dienone is 5. The summed E-state index contributed by atoms with van der Waals surface area (Å²) >= 11 is 0. The first-order valence-electron chi connectivity index (χ1n) is 8.77. The van der Waals surface area contributed by atoms with Crippen molar-refractivity contribution in [1.82, 2.24) is 0 Å². The third-order valence-corrected chi connectivity index (χ3v) is 5.91. The molecular weight excluding hydrogens is 314 g/mol. The monoisotopic (exact) mass is 333 g/mol. The number of nitrogens with zero attached hydrogens (tertiary/aromatic N) is 1. The first kappa shape index (κ1) is 14.8. The number of carbonyl (C=O) groups is 1. The van der Waals surface area contributed by atoms with E-state index < -0.39 is 5.41 Å². The molecule has 0 atom stereocenters. The van der Waals surface area contributed by atoms with E-state index in [1.165, 1.54) is 0 Å². The van der Waals surface area contributed by atoms with Crippen molar-refractivity contribution in [3.05, 3.63) is 59.8 Å². The molecule has 3 heterocycles. The number of benzene rings is 1. The second kappa shape index (κ2) is 5.27. The Morgan fingerprint density at radius 2 is 1.96 bits per heavy atom. The Morgan fingerprint density at radius 1 is 1.08 bits per heavy atom. The van der Waals surface area contributed by atoms with Crippen molar-refractivity contribution < 1.29 is 14.3 Å². The highest BCUT2D eigenvalue weighted by atomic mass is 16.5. The van der Waals surface area contributed by atoms with Crippen LogP contribution in [0.25, 0.3) is 5.57 Å². The first-order chi connectivity index (χ1) is 12.2. The minimum atomic E-state index is -0.483. The lowest BCUT2D eigenvalue weighted by Gasteiger charge is -2.60. The number of Topliss-reactive ketones (excluding diaryl/α,β-unsaturated/α-hetero) is 1. The second-order valence-electron chi connectivity index (χ2n) is 7.19. The summed E-state index contributed by atoms with van der Waals surface area (Å²) in [5.41, 5.74) is 1.79. The van der Waals surface area contributed by atoms with E-state index in [1.54, 1.807) is 6.20 Å². The molecule has 2 fully saturated rings. The van der Waals surface area contributed by atoms with Gasteiger partial charge in [0.15, 0.2) is 5.78 Å². The van der Waals surface area contributed by atoms with E-state index in [-0.39, 0.29) is 11.4 Å². The fourth-order valence-corrected chi connectivity index (χ4v) is 4.19. The number of carbonyl (C=O) groups excluding carboxylic acids is 1. The third kappa shape index (κ3) is 1.97. The molecule has 126 valence electrons. The van der Waals surface area contributed by atoms with Gasteiger partial charge in [-0.2, -0.15) is 0 Å². The number of rotatable bonds is 1. The topological polar surface area (TPSA) is 47.9 Å². The van der Waals surface area contributed by atoms with Crippen LogP contribution >= 0.6 is 0 Å². The van der Waals surface area contributed by atoms with Gasteiger partial charge < -0.3 is 9.47 Å². The number of hydrogen-bond acceptors (Lipinski definition) is 4. The van der Waals surface area contributed by atoms with Crippen LogP contribution in [0.1, 0.15) is 35.2 Å². The van der Waals surface area contributed by atoms with Gasteiger partial charge in [0.2, 0.25) is 0 Å². The van der Waals surface area contributed by atoms with E-state index in [1.807, 2.05) is 48.7 Å². The predicted molar refractivity (Wildman–Crippen MR) is 96.0 cm³/mol. The van der Waals surface area contributed by atoms with Gasteiger partial charge in [0.25, 0.3) is 0 Å². The Hall–Kier alpha value is -2.46. The van der Waals surface area contributed by atoms with Crippen LogP contribution in [0.3, 0.4) is 0 Å². The van der Waals surface area contributed by atoms with Crippen LogP contribution in [0.5, 0.6) is 5.75 Å². The van der Waals surface area contributed by atoms with Gasteiger partial charge in [-0.25, -0.2) is 0 Å². The molecule has 4 nitrogen and oxygen atoms in total. The smallest absolute Gasteiger partial charge is 0.181 e. The highest BCUT2D eigenvalue weighted by Gasteiger charge is 2.67. The lowest BCUT2D eigenvalue weighted by molar-refractivity contribution is -0.213. The summed E-state index contributed by atoms with van der Waals surface area (Å²) in [5.74, 6) is 0.894. The Kier molecular flexibility index (Phi) is 3.13. The second-order valence-corrected chi connectivity index (χ2v) is 7.19. The van der Waals surface area contributed by atoms with Crippen molar-refractivity contribution in [2.24, 2.45) is 10.4 Å². The van der Waals surface area contributed by atoms with Crippen molar-refractivity contribution in [2.75, 3.05) is 13.2 Å². The van der Waals surface area contributed by atoms with Crippen LogP contribution in [0.2, 0.25) is 0 Å². The number of aliphatic imine (C=N–C) groups is 1. The Labute approximate surface area is 146 Å². The van der Waals surface area contributed by atoms with Crippen LogP contribution in [-0.4, -0.2) is 30.8 Å². The zero-order valence-corrected chi connectivity index (χ0v) is 13.9. The summed E-state index contributed by atoms with van der Waals surface area (Å²) < 4.78 is 11.9. The maximum Gasteiger partial charge on any atom is 0.181 e. The molecule has 0 unspecified atom stereocenters.